The van der Waals surface area contributed by atoms with Gasteiger partial charge in [0.25, 0.3) is 0 Å². The molecular formula is C13H12N2O2. The standard InChI is InChI=1S/C13H12N2O2/c16-12(13-6-3-7-17-13)8-15-9-14-10-4-1-2-5-11(10)15/h1-2,4-6,9H,3,7-8H2. The molecule has 0 radical (unpaired) electrons. The summed E-state index contributed by atoms with van der Waals surface area (Å²) < 4.78 is 7.10. The van der Waals surface area contributed by atoms with Gasteiger partial charge in [-0.1, -0.05) is 12.1 Å². The van der Waals surface area contributed by atoms with Crippen LogP contribution in [-0.4, -0.2) is 21.9 Å². The van der Waals surface area contributed by atoms with Crippen LogP contribution < -0.4 is 0 Å². The molecule has 17 heavy (non-hydrogen) atoms. The second-order valence-corrected chi connectivity index (χ2v) is 3.99. The van der Waals surface area contributed by atoms with Crippen LogP contribution in [0.5, 0.6) is 0 Å². The number of hydrogen-bond acceptors (Lipinski definition) is 3. The van der Waals surface area contributed by atoms with E-state index in [0.29, 0.717) is 12.4 Å². The van der Waals surface area contributed by atoms with E-state index in [4.69, 9.17) is 4.74 Å². The van der Waals surface area contributed by atoms with Crippen molar-refractivity contribution in [3.63, 3.8) is 0 Å². The number of imidazole rings is 1. The lowest BCUT2D eigenvalue weighted by Gasteiger charge is -2.04. The Morgan fingerprint density at radius 2 is 2.29 bits per heavy atom. The molecule has 0 amide bonds. The summed E-state index contributed by atoms with van der Waals surface area (Å²) in [6.07, 6.45) is 4.37. The summed E-state index contributed by atoms with van der Waals surface area (Å²) in [6, 6.07) is 7.77. The molecule has 4 nitrogen and oxygen atoms in total. The number of hydrogen-bond donors (Lipinski definition) is 0. The number of allylic oxidation sites excluding steroid dienone is 1. The lowest BCUT2D eigenvalue weighted by atomic mass is 10.3. The van der Waals surface area contributed by atoms with E-state index in [-0.39, 0.29) is 12.3 Å². The van der Waals surface area contributed by atoms with Crippen LogP contribution in [0.3, 0.4) is 0 Å². The maximum Gasteiger partial charge on any atom is 0.216 e. The fourth-order valence-corrected chi connectivity index (χ4v) is 1.98. The highest BCUT2D eigenvalue weighted by atomic mass is 16.5. The van der Waals surface area contributed by atoms with Gasteiger partial charge in [-0.05, 0) is 18.2 Å². The molecule has 4 heteroatoms. The summed E-state index contributed by atoms with van der Waals surface area (Å²) in [7, 11) is 0. The third-order valence-electron chi connectivity index (χ3n) is 2.82. The minimum Gasteiger partial charge on any atom is -0.490 e. The van der Waals surface area contributed by atoms with Crippen molar-refractivity contribution in [2.75, 3.05) is 6.61 Å². The van der Waals surface area contributed by atoms with Gasteiger partial charge >= 0.3 is 0 Å². The number of ketones is 1. The molecule has 3 rings (SSSR count). The number of nitrogens with zero attached hydrogens (tertiary/aromatic N) is 2. The summed E-state index contributed by atoms with van der Waals surface area (Å²) in [5.74, 6) is 0.494. The predicted molar refractivity (Wildman–Crippen MR) is 63.4 cm³/mol. The highest BCUT2D eigenvalue weighted by Crippen LogP contribution is 2.15. The molecule has 0 bridgehead atoms. The Morgan fingerprint density at radius 3 is 3.12 bits per heavy atom. The van der Waals surface area contributed by atoms with Crippen LogP contribution in [0.25, 0.3) is 11.0 Å². The van der Waals surface area contributed by atoms with Crippen molar-refractivity contribution in [3.05, 3.63) is 42.4 Å². The third kappa shape index (κ3) is 1.82. The Hall–Kier alpha value is -2.10. The molecule has 0 saturated heterocycles. The van der Waals surface area contributed by atoms with Crippen LogP contribution in [0.2, 0.25) is 0 Å². The molecule has 2 heterocycles. The smallest absolute Gasteiger partial charge is 0.216 e. The number of aromatic nitrogens is 2. The van der Waals surface area contributed by atoms with Crippen LogP contribution >= 0.6 is 0 Å². The average molecular weight is 228 g/mol. The lowest BCUT2D eigenvalue weighted by molar-refractivity contribution is -0.119. The molecule has 0 spiro atoms. The number of Topliss-reactive ketones (excluding diaryl/α,β-unsaturated/α-hetero) is 1. The molecule has 1 aliphatic heterocycles. The van der Waals surface area contributed by atoms with Crippen molar-refractivity contribution in [1.29, 1.82) is 0 Å². The minimum absolute atomic E-state index is 0.00523. The molecule has 1 aromatic carbocycles. The summed E-state index contributed by atoms with van der Waals surface area (Å²) in [6.45, 7) is 0.901. The SMILES string of the molecule is O=C(Cn1cnc2ccccc21)C1=CCCO1. The Labute approximate surface area is 98.5 Å². The topological polar surface area (TPSA) is 44.1 Å². The zero-order valence-electron chi connectivity index (χ0n) is 9.30. The number of ether oxygens (including phenoxy) is 1. The molecule has 86 valence electrons. The van der Waals surface area contributed by atoms with E-state index in [1.165, 1.54) is 0 Å². The van der Waals surface area contributed by atoms with E-state index in [0.717, 1.165) is 17.5 Å². The van der Waals surface area contributed by atoms with Gasteiger partial charge in [-0.15, -0.1) is 0 Å². The summed E-state index contributed by atoms with van der Waals surface area (Å²) in [5.41, 5.74) is 1.88. The monoisotopic (exact) mass is 228 g/mol. The first-order valence-electron chi connectivity index (χ1n) is 5.60. The second kappa shape index (κ2) is 4.05. The number of benzene rings is 1. The van der Waals surface area contributed by atoms with Crippen LogP contribution in [0.15, 0.2) is 42.4 Å². The quantitative estimate of drug-likeness (QED) is 0.806. The largest absolute Gasteiger partial charge is 0.490 e. The number of fused-ring (bicyclic) bond motifs is 1. The molecule has 2 aromatic rings. The third-order valence-corrected chi connectivity index (χ3v) is 2.82. The van der Waals surface area contributed by atoms with Crippen molar-refractivity contribution in [3.8, 4) is 0 Å². The van der Waals surface area contributed by atoms with Crippen LogP contribution in [0.1, 0.15) is 6.42 Å². The van der Waals surface area contributed by atoms with Crippen molar-refractivity contribution < 1.29 is 9.53 Å². The van der Waals surface area contributed by atoms with E-state index >= 15 is 0 Å². The molecule has 0 fully saturated rings. The minimum atomic E-state index is 0.00523. The van der Waals surface area contributed by atoms with Gasteiger partial charge in [0.15, 0.2) is 5.76 Å². The van der Waals surface area contributed by atoms with Crippen molar-refractivity contribution in [1.82, 2.24) is 9.55 Å². The van der Waals surface area contributed by atoms with Gasteiger partial charge < -0.3 is 9.30 Å². The second-order valence-electron chi connectivity index (χ2n) is 3.99. The summed E-state index contributed by atoms with van der Waals surface area (Å²) >= 11 is 0. The first kappa shape index (κ1) is 10.1. The molecule has 0 saturated carbocycles. The number of rotatable bonds is 3. The zero-order valence-corrected chi connectivity index (χ0v) is 9.30. The first-order chi connectivity index (χ1) is 8.34. The van der Waals surface area contributed by atoms with Crippen LogP contribution in [0, 0.1) is 0 Å². The number of carbonyl (C=O) groups excluding carboxylic acids is 1. The van der Waals surface area contributed by atoms with Crippen LogP contribution in [-0.2, 0) is 16.1 Å². The molecular weight excluding hydrogens is 216 g/mol. The van der Waals surface area contributed by atoms with Crippen molar-refractivity contribution in [2.45, 2.75) is 13.0 Å². The lowest BCUT2D eigenvalue weighted by Crippen LogP contribution is -2.12. The maximum absolute atomic E-state index is 11.9. The zero-order chi connectivity index (χ0) is 11.7. The fraction of sp³-hybridized carbons (Fsp3) is 0.231. The Kier molecular flexibility index (Phi) is 2.40. The molecule has 1 aromatic heterocycles. The highest BCUT2D eigenvalue weighted by Gasteiger charge is 2.16. The van der Waals surface area contributed by atoms with Gasteiger partial charge in [-0.25, -0.2) is 4.98 Å². The van der Waals surface area contributed by atoms with E-state index < -0.39 is 0 Å². The summed E-state index contributed by atoms with van der Waals surface area (Å²) in [5, 5.41) is 0. The molecule has 0 unspecified atom stereocenters. The van der Waals surface area contributed by atoms with Gasteiger partial charge in [0.2, 0.25) is 5.78 Å². The molecule has 0 atom stereocenters. The molecule has 0 N–H and O–H groups in total. The Bertz CT molecular complexity index is 598. The van der Waals surface area contributed by atoms with Crippen molar-refractivity contribution in [2.24, 2.45) is 0 Å². The molecule has 1 aliphatic rings. The Balaban J connectivity index is 1.87. The number of para-hydroxylation sites is 2. The van der Waals surface area contributed by atoms with E-state index in [1.54, 1.807) is 6.33 Å². The average Bonchev–Trinajstić information content (AvgIpc) is 2.98. The van der Waals surface area contributed by atoms with Gasteiger partial charge in [0.1, 0.15) is 0 Å². The predicted octanol–water partition coefficient (Wildman–Crippen LogP) is 1.91. The van der Waals surface area contributed by atoms with Crippen LogP contribution in [0.4, 0.5) is 0 Å². The van der Waals surface area contributed by atoms with Crippen molar-refractivity contribution >= 4 is 16.8 Å². The van der Waals surface area contributed by atoms with Gasteiger partial charge in [0.05, 0.1) is 30.5 Å². The maximum atomic E-state index is 11.9. The highest BCUT2D eigenvalue weighted by molar-refractivity contribution is 5.94. The summed E-state index contributed by atoms with van der Waals surface area (Å²) in [4.78, 5) is 16.2. The Morgan fingerprint density at radius 1 is 1.41 bits per heavy atom. The normalized spacial score (nSPS) is 14.7. The van der Waals surface area contributed by atoms with E-state index in [9.17, 15) is 4.79 Å². The number of carbonyl (C=O) groups is 1. The van der Waals surface area contributed by atoms with E-state index in [2.05, 4.69) is 4.98 Å². The van der Waals surface area contributed by atoms with Gasteiger partial charge in [-0.2, -0.15) is 0 Å². The fourth-order valence-electron chi connectivity index (χ4n) is 1.98. The van der Waals surface area contributed by atoms with Gasteiger partial charge in [0, 0.05) is 6.42 Å². The van der Waals surface area contributed by atoms with E-state index in [1.807, 2.05) is 34.9 Å². The van der Waals surface area contributed by atoms with Gasteiger partial charge in [-0.3, -0.25) is 4.79 Å². The first-order valence-corrected chi connectivity index (χ1v) is 5.60. The molecule has 0 aliphatic carbocycles.